The van der Waals surface area contributed by atoms with Crippen molar-refractivity contribution in [3.05, 3.63) is 34.8 Å². The van der Waals surface area contributed by atoms with E-state index in [1.54, 1.807) is 6.92 Å². The lowest BCUT2D eigenvalue weighted by Gasteiger charge is -2.10. The van der Waals surface area contributed by atoms with E-state index < -0.39 is 30.2 Å². The van der Waals surface area contributed by atoms with Crippen LogP contribution in [0.3, 0.4) is 0 Å². The molecule has 1 aromatic heterocycles. The Morgan fingerprint density at radius 2 is 1.86 bits per heavy atom. The van der Waals surface area contributed by atoms with Crippen LogP contribution in [0.2, 0.25) is 0 Å². The molecule has 0 atom stereocenters. The van der Waals surface area contributed by atoms with Gasteiger partial charge in [0.2, 0.25) is 11.0 Å². The minimum absolute atomic E-state index is 0.0458. The summed E-state index contributed by atoms with van der Waals surface area (Å²) >= 11 is 1.22. The third kappa shape index (κ3) is 7.86. The first-order valence-corrected chi connectivity index (χ1v) is 9.18. The molecular formula is C17H17F3N4O4S. The molecule has 12 heteroatoms. The molecule has 0 unspecified atom stereocenters. The van der Waals surface area contributed by atoms with Gasteiger partial charge in [0, 0.05) is 18.5 Å². The number of aromatic nitrogens is 2. The Labute approximate surface area is 167 Å². The zero-order valence-electron chi connectivity index (χ0n) is 15.2. The molecule has 0 aliphatic heterocycles. The Balaban J connectivity index is 1.67. The lowest BCUT2D eigenvalue weighted by molar-refractivity contribution is -0.147. The van der Waals surface area contributed by atoms with Gasteiger partial charge in [-0.1, -0.05) is 17.4 Å². The van der Waals surface area contributed by atoms with Gasteiger partial charge in [-0.25, -0.2) is 0 Å². The Morgan fingerprint density at radius 1 is 1.10 bits per heavy atom. The second-order valence-corrected chi connectivity index (χ2v) is 7.00. The standard InChI is InChI=1S/C17H17F3N4O4S/c1-10-23-24-16(29-10)22-13(25)6-3-7-15(27)28-9-14(26)21-12-5-2-4-11(8-12)17(18,19)20/h2,4-5,8H,3,6-7,9H2,1H3,(H,21,26)(H,22,24,25). The summed E-state index contributed by atoms with van der Waals surface area (Å²) in [6, 6.07) is 4.08. The number of nitrogens with zero attached hydrogens (tertiary/aromatic N) is 2. The zero-order chi connectivity index (χ0) is 21.4. The highest BCUT2D eigenvalue weighted by molar-refractivity contribution is 7.15. The highest BCUT2D eigenvalue weighted by atomic mass is 32.1. The summed E-state index contributed by atoms with van der Waals surface area (Å²) < 4.78 is 42.7. The van der Waals surface area contributed by atoms with Crippen molar-refractivity contribution >= 4 is 39.9 Å². The number of rotatable bonds is 8. The smallest absolute Gasteiger partial charge is 0.416 e. The van der Waals surface area contributed by atoms with Crippen molar-refractivity contribution in [2.45, 2.75) is 32.4 Å². The van der Waals surface area contributed by atoms with Gasteiger partial charge in [-0.15, -0.1) is 10.2 Å². The van der Waals surface area contributed by atoms with Crippen LogP contribution >= 0.6 is 11.3 Å². The number of carbonyl (C=O) groups excluding carboxylic acids is 3. The molecule has 0 aliphatic carbocycles. The lowest BCUT2D eigenvalue weighted by atomic mass is 10.2. The molecule has 2 rings (SSSR count). The van der Waals surface area contributed by atoms with Gasteiger partial charge in [0.1, 0.15) is 5.01 Å². The third-order valence-electron chi connectivity index (χ3n) is 3.40. The maximum atomic E-state index is 12.6. The molecule has 0 saturated heterocycles. The molecule has 0 saturated carbocycles. The molecule has 2 N–H and O–H groups in total. The summed E-state index contributed by atoms with van der Waals surface area (Å²) in [5.41, 5.74) is -0.973. The molecule has 156 valence electrons. The second-order valence-electron chi connectivity index (χ2n) is 5.82. The normalized spacial score (nSPS) is 11.0. The number of benzene rings is 1. The SMILES string of the molecule is Cc1nnc(NC(=O)CCCC(=O)OCC(=O)Nc2cccc(C(F)(F)F)c2)s1. The van der Waals surface area contributed by atoms with Crippen molar-refractivity contribution in [2.24, 2.45) is 0 Å². The quantitative estimate of drug-likeness (QED) is 0.623. The van der Waals surface area contributed by atoms with Crippen LogP contribution in [0.25, 0.3) is 0 Å². The fourth-order valence-corrected chi connectivity index (χ4v) is 2.72. The molecule has 0 bridgehead atoms. The van der Waals surface area contributed by atoms with E-state index in [2.05, 4.69) is 20.8 Å². The molecule has 8 nitrogen and oxygen atoms in total. The van der Waals surface area contributed by atoms with Gasteiger partial charge in [-0.3, -0.25) is 14.4 Å². The zero-order valence-corrected chi connectivity index (χ0v) is 16.0. The van der Waals surface area contributed by atoms with Crippen LogP contribution in [0.15, 0.2) is 24.3 Å². The van der Waals surface area contributed by atoms with E-state index in [-0.39, 0.29) is 30.9 Å². The monoisotopic (exact) mass is 430 g/mol. The average Bonchev–Trinajstić information content (AvgIpc) is 3.04. The largest absolute Gasteiger partial charge is 0.456 e. The van der Waals surface area contributed by atoms with Crippen LogP contribution in [0.4, 0.5) is 24.0 Å². The molecule has 1 aromatic carbocycles. The van der Waals surface area contributed by atoms with Crippen molar-refractivity contribution < 1.29 is 32.3 Å². The first-order chi connectivity index (χ1) is 13.6. The first kappa shape index (κ1) is 22.3. The van der Waals surface area contributed by atoms with Crippen molar-refractivity contribution in [3.8, 4) is 0 Å². The van der Waals surface area contributed by atoms with Crippen molar-refractivity contribution in [1.29, 1.82) is 0 Å². The summed E-state index contributed by atoms with van der Waals surface area (Å²) in [6.45, 7) is 1.10. The number of nitrogens with one attached hydrogen (secondary N) is 2. The highest BCUT2D eigenvalue weighted by Gasteiger charge is 2.30. The maximum Gasteiger partial charge on any atom is 0.416 e. The van der Waals surface area contributed by atoms with Gasteiger partial charge in [-0.2, -0.15) is 13.2 Å². The molecule has 2 aromatic rings. The molecule has 1 heterocycles. The van der Waals surface area contributed by atoms with Crippen LogP contribution in [0.1, 0.15) is 29.8 Å². The van der Waals surface area contributed by atoms with Crippen LogP contribution in [-0.2, 0) is 25.3 Å². The van der Waals surface area contributed by atoms with E-state index in [0.717, 1.165) is 18.2 Å². The lowest BCUT2D eigenvalue weighted by Crippen LogP contribution is -2.21. The minimum atomic E-state index is -4.53. The van der Waals surface area contributed by atoms with Gasteiger partial charge in [0.05, 0.1) is 5.56 Å². The van der Waals surface area contributed by atoms with Crippen LogP contribution in [-0.4, -0.2) is 34.6 Å². The number of anilines is 2. The summed E-state index contributed by atoms with van der Waals surface area (Å²) in [5.74, 6) is -1.82. The average molecular weight is 430 g/mol. The number of aryl methyl sites for hydroxylation is 1. The molecule has 29 heavy (non-hydrogen) atoms. The highest BCUT2D eigenvalue weighted by Crippen LogP contribution is 2.30. The van der Waals surface area contributed by atoms with E-state index in [0.29, 0.717) is 10.1 Å². The first-order valence-electron chi connectivity index (χ1n) is 8.36. The number of ether oxygens (including phenoxy) is 1. The Morgan fingerprint density at radius 3 is 2.52 bits per heavy atom. The van der Waals surface area contributed by atoms with Crippen molar-refractivity contribution in [1.82, 2.24) is 10.2 Å². The summed E-state index contributed by atoms with van der Waals surface area (Å²) in [5, 5.41) is 13.3. The van der Waals surface area contributed by atoms with E-state index in [1.807, 2.05) is 0 Å². The number of hydrogen-bond donors (Lipinski definition) is 2. The van der Waals surface area contributed by atoms with Crippen molar-refractivity contribution in [3.63, 3.8) is 0 Å². The number of alkyl halides is 3. The molecule has 0 aliphatic rings. The Hall–Kier alpha value is -3.02. The number of hydrogen-bond acceptors (Lipinski definition) is 7. The summed E-state index contributed by atoms with van der Waals surface area (Å²) in [7, 11) is 0. The molecule has 0 spiro atoms. The predicted octanol–water partition coefficient (Wildman–Crippen LogP) is 3.16. The summed E-state index contributed by atoms with van der Waals surface area (Å²) in [4.78, 5) is 35.0. The van der Waals surface area contributed by atoms with Crippen LogP contribution in [0.5, 0.6) is 0 Å². The van der Waals surface area contributed by atoms with E-state index in [1.165, 1.54) is 17.4 Å². The van der Waals surface area contributed by atoms with Gasteiger partial charge in [0.25, 0.3) is 5.91 Å². The number of halogens is 3. The van der Waals surface area contributed by atoms with E-state index in [9.17, 15) is 27.6 Å². The number of carbonyl (C=O) groups is 3. The molecule has 2 amide bonds. The maximum absolute atomic E-state index is 12.6. The van der Waals surface area contributed by atoms with Gasteiger partial charge >= 0.3 is 12.1 Å². The number of esters is 1. The van der Waals surface area contributed by atoms with E-state index in [4.69, 9.17) is 4.74 Å². The van der Waals surface area contributed by atoms with Gasteiger partial charge in [-0.05, 0) is 31.5 Å². The van der Waals surface area contributed by atoms with Gasteiger partial charge < -0.3 is 15.4 Å². The Bertz CT molecular complexity index is 886. The topological polar surface area (TPSA) is 110 Å². The Kier molecular flexibility index (Phi) is 7.65. The van der Waals surface area contributed by atoms with Crippen LogP contribution in [0, 0.1) is 6.92 Å². The van der Waals surface area contributed by atoms with Crippen molar-refractivity contribution in [2.75, 3.05) is 17.2 Å². The third-order valence-corrected chi connectivity index (χ3v) is 4.15. The fourth-order valence-electron chi connectivity index (χ4n) is 2.11. The fraction of sp³-hybridized carbons (Fsp3) is 0.353. The molecule has 0 radical (unpaired) electrons. The minimum Gasteiger partial charge on any atom is -0.456 e. The molecular weight excluding hydrogens is 413 g/mol. The van der Waals surface area contributed by atoms with Crippen LogP contribution < -0.4 is 10.6 Å². The molecule has 0 fully saturated rings. The second kappa shape index (κ2) is 9.96. The number of amides is 2. The predicted molar refractivity (Wildman–Crippen MR) is 98.2 cm³/mol. The van der Waals surface area contributed by atoms with E-state index >= 15 is 0 Å². The summed E-state index contributed by atoms with van der Waals surface area (Å²) in [6.07, 6.45) is -4.39. The van der Waals surface area contributed by atoms with Gasteiger partial charge in [0.15, 0.2) is 6.61 Å².